The van der Waals surface area contributed by atoms with Gasteiger partial charge in [-0.15, -0.1) is 0 Å². The van der Waals surface area contributed by atoms with E-state index in [1.165, 1.54) is 12.1 Å². The lowest BCUT2D eigenvalue weighted by molar-refractivity contribution is 0.452. The van der Waals surface area contributed by atoms with Crippen molar-refractivity contribution in [2.45, 2.75) is 0 Å². The Balaban J connectivity index is 2.31. The highest BCUT2D eigenvalue weighted by Gasteiger charge is 2.05. The van der Waals surface area contributed by atoms with Crippen molar-refractivity contribution in [1.29, 1.82) is 0 Å². The monoisotopic (exact) mass is 256 g/mol. The van der Waals surface area contributed by atoms with Crippen molar-refractivity contribution in [3.63, 3.8) is 0 Å². The summed E-state index contributed by atoms with van der Waals surface area (Å²) in [6, 6.07) is 5.63. The van der Waals surface area contributed by atoms with Crippen molar-refractivity contribution < 1.29 is 13.5 Å². The fraction of sp³-hybridized carbons (Fsp3) is 0. The van der Waals surface area contributed by atoms with E-state index in [-0.39, 0.29) is 16.8 Å². The molecule has 0 spiro atoms. The van der Waals surface area contributed by atoms with E-state index in [0.717, 1.165) is 18.2 Å². The minimum Gasteiger partial charge on any atom is -0.439 e. The average molecular weight is 257 g/mol. The fourth-order valence-corrected chi connectivity index (χ4v) is 1.46. The van der Waals surface area contributed by atoms with E-state index in [4.69, 9.17) is 22.1 Å². The highest BCUT2D eigenvalue weighted by atomic mass is 35.5. The summed E-state index contributed by atoms with van der Waals surface area (Å²) in [5, 5.41) is 0.136. The topological polar surface area (TPSA) is 48.1 Å². The Morgan fingerprint density at radius 2 is 1.71 bits per heavy atom. The first-order valence-electron chi connectivity index (χ1n) is 4.60. The zero-order valence-corrected chi connectivity index (χ0v) is 9.21. The first kappa shape index (κ1) is 11.6. The molecule has 1 aromatic heterocycles. The number of rotatable bonds is 2. The summed E-state index contributed by atoms with van der Waals surface area (Å²) in [5.74, 6) is -1.43. The van der Waals surface area contributed by atoms with Crippen LogP contribution in [0.25, 0.3) is 0 Å². The Morgan fingerprint density at radius 3 is 2.29 bits per heavy atom. The highest BCUT2D eigenvalue weighted by Crippen LogP contribution is 2.24. The minimum atomic E-state index is -0.741. The molecule has 3 nitrogen and oxygen atoms in total. The molecule has 0 aliphatic heterocycles. The molecule has 1 aromatic carbocycles. The highest BCUT2D eigenvalue weighted by molar-refractivity contribution is 6.29. The van der Waals surface area contributed by atoms with Gasteiger partial charge in [0, 0.05) is 30.0 Å². The number of nitrogens with zero attached hydrogens (tertiary/aromatic N) is 1. The molecule has 6 heteroatoms. The Morgan fingerprint density at radius 1 is 1.06 bits per heavy atom. The summed E-state index contributed by atoms with van der Waals surface area (Å²) in [6.45, 7) is 0. The van der Waals surface area contributed by atoms with E-state index in [1.54, 1.807) is 0 Å². The number of anilines is 1. The predicted molar refractivity (Wildman–Crippen MR) is 60.1 cm³/mol. The van der Waals surface area contributed by atoms with Crippen LogP contribution in [0.4, 0.5) is 14.5 Å². The van der Waals surface area contributed by atoms with Gasteiger partial charge in [-0.3, -0.25) is 0 Å². The summed E-state index contributed by atoms with van der Waals surface area (Å²) in [6.07, 6.45) is 0. The standard InChI is InChI=1S/C11H7ClF2N2O/c12-10-4-8(15)5-11(16-10)17-9-2-6(13)1-7(14)3-9/h1-5H,(H2,15,16). The first-order valence-corrected chi connectivity index (χ1v) is 4.98. The van der Waals surface area contributed by atoms with Crippen molar-refractivity contribution in [2.75, 3.05) is 5.73 Å². The van der Waals surface area contributed by atoms with E-state index in [9.17, 15) is 8.78 Å². The van der Waals surface area contributed by atoms with Gasteiger partial charge in [0.2, 0.25) is 5.88 Å². The van der Waals surface area contributed by atoms with Crippen LogP contribution in [0, 0.1) is 11.6 Å². The normalized spacial score (nSPS) is 10.3. The molecule has 0 amide bonds. The maximum Gasteiger partial charge on any atom is 0.222 e. The van der Waals surface area contributed by atoms with Gasteiger partial charge in [0.25, 0.3) is 0 Å². The number of ether oxygens (including phenoxy) is 1. The second-order valence-electron chi connectivity index (χ2n) is 3.27. The molecule has 2 rings (SSSR count). The van der Waals surface area contributed by atoms with Gasteiger partial charge < -0.3 is 10.5 Å². The number of aromatic nitrogens is 1. The summed E-state index contributed by atoms with van der Waals surface area (Å²) < 4.78 is 30.9. The van der Waals surface area contributed by atoms with E-state index < -0.39 is 11.6 Å². The van der Waals surface area contributed by atoms with Crippen LogP contribution in [-0.4, -0.2) is 4.98 Å². The lowest BCUT2D eigenvalue weighted by Crippen LogP contribution is -1.93. The third-order valence-corrected chi connectivity index (χ3v) is 2.05. The molecule has 0 saturated heterocycles. The van der Waals surface area contributed by atoms with Crippen molar-refractivity contribution in [3.8, 4) is 11.6 Å². The molecule has 0 radical (unpaired) electrons. The van der Waals surface area contributed by atoms with Gasteiger partial charge in [-0.25, -0.2) is 13.8 Å². The molecule has 0 atom stereocenters. The van der Waals surface area contributed by atoms with Crippen LogP contribution < -0.4 is 10.5 Å². The second-order valence-corrected chi connectivity index (χ2v) is 3.66. The number of nitrogens with two attached hydrogens (primary N) is 1. The van der Waals surface area contributed by atoms with Crippen LogP contribution in [0.1, 0.15) is 0 Å². The molecule has 88 valence electrons. The number of benzene rings is 1. The maximum atomic E-state index is 12.9. The van der Waals surface area contributed by atoms with Crippen LogP contribution in [-0.2, 0) is 0 Å². The third-order valence-electron chi connectivity index (χ3n) is 1.85. The van der Waals surface area contributed by atoms with Crippen LogP contribution in [0.2, 0.25) is 5.15 Å². The van der Waals surface area contributed by atoms with Gasteiger partial charge in [0.05, 0.1) is 0 Å². The zero-order valence-electron chi connectivity index (χ0n) is 8.45. The summed E-state index contributed by atoms with van der Waals surface area (Å²) in [5.41, 5.74) is 5.86. The quantitative estimate of drug-likeness (QED) is 0.838. The lowest BCUT2D eigenvalue weighted by Gasteiger charge is -2.06. The molecule has 0 aliphatic rings. The number of halogens is 3. The molecule has 2 aromatic rings. The molecule has 0 bridgehead atoms. The smallest absolute Gasteiger partial charge is 0.222 e. The molecule has 17 heavy (non-hydrogen) atoms. The zero-order chi connectivity index (χ0) is 12.4. The number of hydrogen-bond acceptors (Lipinski definition) is 3. The SMILES string of the molecule is Nc1cc(Cl)nc(Oc2cc(F)cc(F)c2)c1. The van der Waals surface area contributed by atoms with Crippen LogP contribution in [0.5, 0.6) is 11.6 Å². The van der Waals surface area contributed by atoms with Crippen molar-refractivity contribution in [3.05, 3.63) is 47.1 Å². The largest absolute Gasteiger partial charge is 0.439 e. The van der Waals surface area contributed by atoms with Gasteiger partial charge in [-0.2, -0.15) is 0 Å². The van der Waals surface area contributed by atoms with E-state index in [2.05, 4.69) is 4.98 Å². The predicted octanol–water partition coefficient (Wildman–Crippen LogP) is 3.39. The first-order chi connectivity index (χ1) is 8.02. The lowest BCUT2D eigenvalue weighted by atomic mass is 10.3. The van der Waals surface area contributed by atoms with Gasteiger partial charge in [0.1, 0.15) is 22.5 Å². The van der Waals surface area contributed by atoms with Gasteiger partial charge in [-0.05, 0) is 6.07 Å². The molecule has 1 heterocycles. The van der Waals surface area contributed by atoms with E-state index in [1.807, 2.05) is 0 Å². The maximum absolute atomic E-state index is 12.9. The molecule has 2 N–H and O–H groups in total. The Labute approximate surface area is 101 Å². The summed E-state index contributed by atoms with van der Waals surface area (Å²) in [4.78, 5) is 3.81. The van der Waals surface area contributed by atoms with Gasteiger partial charge in [0.15, 0.2) is 0 Å². The van der Waals surface area contributed by atoms with Gasteiger partial charge in [-0.1, -0.05) is 11.6 Å². The molecule has 0 unspecified atom stereocenters. The van der Waals surface area contributed by atoms with Crippen molar-refractivity contribution in [1.82, 2.24) is 4.98 Å². The average Bonchev–Trinajstić information content (AvgIpc) is 2.13. The minimum absolute atomic E-state index is 0.0170. The second kappa shape index (κ2) is 4.55. The Kier molecular flexibility index (Phi) is 3.10. The molecular weight excluding hydrogens is 250 g/mol. The summed E-state index contributed by atoms with van der Waals surface area (Å²) >= 11 is 5.66. The molecule has 0 saturated carbocycles. The van der Waals surface area contributed by atoms with E-state index >= 15 is 0 Å². The molecule has 0 fully saturated rings. The van der Waals surface area contributed by atoms with Gasteiger partial charge >= 0.3 is 0 Å². The number of hydrogen-bond donors (Lipinski definition) is 1. The van der Waals surface area contributed by atoms with Crippen molar-refractivity contribution in [2.24, 2.45) is 0 Å². The van der Waals surface area contributed by atoms with Crippen molar-refractivity contribution >= 4 is 17.3 Å². The Bertz CT molecular complexity index is 473. The molecular formula is C11H7ClF2N2O. The number of nitrogen functional groups attached to an aromatic ring is 1. The molecule has 0 aliphatic carbocycles. The number of pyridine rings is 1. The van der Waals surface area contributed by atoms with Crippen LogP contribution >= 0.6 is 11.6 Å². The Hall–Kier alpha value is -1.88. The van der Waals surface area contributed by atoms with Crippen LogP contribution in [0.15, 0.2) is 30.3 Å². The third kappa shape index (κ3) is 3.04. The fourth-order valence-electron chi connectivity index (χ4n) is 1.25. The van der Waals surface area contributed by atoms with Crippen LogP contribution in [0.3, 0.4) is 0 Å². The summed E-state index contributed by atoms with van der Waals surface area (Å²) in [7, 11) is 0. The van der Waals surface area contributed by atoms with E-state index in [0.29, 0.717) is 5.69 Å².